The Bertz CT molecular complexity index is 888. The Morgan fingerprint density at radius 1 is 0.773 bits per heavy atom. The molecule has 3 aromatic rings. The summed E-state index contributed by atoms with van der Waals surface area (Å²) in [6.07, 6.45) is 0. The molecular formula is C21H24N+. The van der Waals surface area contributed by atoms with E-state index in [2.05, 4.69) is 82.6 Å². The molecule has 0 saturated heterocycles. The van der Waals surface area contributed by atoms with Crippen LogP contribution in [-0.2, 0) is 7.05 Å². The smallest absolute Gasteiger partial charge is 0.198 e. The molecule has 2 aromatic carbocycles. The molecule has 0 unspecified atom stereocenters. The second-order valence-corrected chi connectivity index (χ2v) is 6.42. The van der Waals surface area contributed by atoms with Gasteiger partial charge in [-0.3, -0.25) is 0 Å². The quantitative estimate of drug-likeness (QED) is 0.563. The zero-order valence-corrected chi connectivity index (χ0v) is 14.4. The van der Waals surface area contributed by atoms with Gasteiger partial charge in [-0.25, -0.2) is 0 Å². The van der Waals surface area contributed by atoms with Crippen LogP contribution in [0.15, 0.2) is 36.4 Å². The van der Waals surface area contributed by atoms with Gasteiger partial charge in [0.05, 0.1) is 10.9 Å². The Morgan fingerprint density at radius 2 is 1.41 bits per heavy atom. The fraction of sp³-hybridized carbons (Fsp3) is 0.286. The molecule has 0 spiro atoms. The summed E-state index contributed by atoms with van der Waals surface area (Å²) in [6.45, 7) is 11.0. The average molecular weight is 290 g/mol. The maximum absolute atomic E-state index is 2.35. The van der Waals surface area contributed by atoms with E-state index in [9.17, 15) is 0 Å². The summed E-state index contributed by atoms with van der Waals surface area (Å²) >= 11 is 0. The lowest BCUT2D eigenvalue weighted by Crippen LogP contribution is -2.36. The van der Waals surface area contributed by atoms with Gasteiger partial charge in [0.2, 0.25) is 5.69 Å². The first-order valence-corrected chi connectivity index (χ1v) is 7.88. The van der Waals surface area contributed by atoms with Crippen molar-refractivity contribution in [2.45, 2.75) is 34.6 Å². The van der Waals surface area contributed by atoms with Crippen LogP contribution in [0.3, 0.4) is 0 Å². The summed E-state index contributed by atoms with van der Waals surface area (Å²) in [6, 6.07) is 13.3. The molecule has 0 aliphatic heterocycles. The number of fused-ring (bicyclic) bond motifs is 1. The zero-order chi connectivity index (χ0) is 16.0. The standard InChI is InChI=1S/C21H24N/c1-13-11-14(2)15(3)20(12-13)21-19-10-8-7-9-18(19)16(4)17(5)22(21)6/h7-12H,1-6H3/q+1. The summed E-state index contributed by atoms with van der Waals surface area (Å²) in [5.74, 6) is 0. The van der Waals surface area contributed by atoms with E-state index in [1.54, 1.807) is 0 Å². The summed E-state index contributed by atoms with van der Waals surface area (Å²) in [5, 5.41) is 2.69. The normalized spacial score (nSPS) is 11.2. The van der Waals surface area contributed by atoms with Gasteiger partial charge in [-0.15, -0.1) is 0 Å². The van der Waals surface area contributed by atoms with E-state index in [1.165, 1.54) is 50.0 Å². The molecule has 0 amide bonds. The SMILES string of the molecule is Cc1cc(C)c(C)c(-c2c3ccccc3c(C)c(C)[n+]2C)c1. The fourth-order valence-corrected chi connectivity index (χ4v) is 3.42. The lowest BCUT2D eigenvalue weighted by Gasteiger charge is -2.14. The third-order valence-corrected chi connectivity index (χ3v) is 5.03. The van der Waals surface area contributed by atoms with E-state index >= 15 is 0 Å². The number of pyridine rings is 1. The van der Waals surface area contributed by atoms with Gasteiger partial charge in [0, 0.05) is 12.5 Å². The van der Waals surface area contributed by atoms with Crippen molar-refractivity contribution in [2.75, 3.05) is 0 Å². The van der Waals surface area contributed by atoms with Gasteiger partial charge in [0.25, 0.3) is 0 Å². The molecule has 0 saturated carbocycles. The van der Waals surface area contributed by atoms with Crippen LogP contribution in [0.25, 0.3) is 22.0 Å². The monoisotopic (exact) mass is 290 g/mol. The molecule has 112 valence electrons. The van der Waals surface area contributed by atoms with Crippen LogP contribution in [0.1, 0.15) is 27.9 Å². The van der Waals surface area contributed by atoms with Crippen molar-refractivity contribution in [2.24, 2.45) is 7.05 Å². The molecule has 1 heteroatoms. The van der Waals surface area contributed by atoms with Gasteiger partial charge in [-0.05, 0) is 56.3 Å². The van der Waals surface area contributed by atoms with Crippen LogP contribution < -0.4 is 4.57 Å². The molecule has 0 radical (unpaired) electrons. The highest BCUT2D eigenvalue weighted by molar-refractivity contribution is 5.96. The Hall–Kier alpha value is -2.15. The number of aromatic nitrogens is 1. The Labute approximate surface area is 133 Å². The molecule has 0 aliphatic rings. The number of hydrogen-bond acceptors (Lipinski definition) is 0. The molecule has 1 nitrogen and oxygen atoms in total. The molecule has 0 N–H and O–H groups in total. The highest BCUT2D eigenvalue weighted by Gasteiger charge is 2.22. The lowest BCUT2D eigenvalue weighted by atomic mass is 9.93. The number of aryl methyl sites for hydroxylation is 3. The molecule has 3 rings (SSSR count). The van der Waals surface area contributed by atoms with E-state index in [0.29, 0.717) is 0 Å². The van der Waals surface area contributed by atoms with Crippen molar-refractivity contribution in [1.82, 2.24) is 0 Å². The number of hydrogen-bond donors (Lipinski definition) is 0. The summed E-state index contributed by atoms with van der Waals surface area (Å²) < 4.78 is 2.35. The highest BCUT2D eigenvalue weighted by atomic mass is 14.9. The Balaban J connectivity index is 2.52. The van der Waals surface area contributed by atoms with Crippen molar-refractivity contribution in [3.05, 3.63) is 64.3 Å². The van der Waals surface area contributed by atoms with Crippen molar-refractivity contribution < 1.29 is 4.57 Å². The van der Waals surface area contributed by atoms with Gasteiger partial charge >= 0.3 is 0 Å². The highest BCUT2D eigenvalue weighted by Crippen LogP contribution is 2.32. The van der Waals surface area contributed by atoms with E-state index in [4.69, 9.17) is 0 Å². The van der Waals surface area contributed by atoms with Crippen LogP contribution in [0.2, 0.25) is 0 Å². The number of nitrogens with zero attached hydrogens (tertiary/aromatic N) is 1. The minimum Gasteiger partial charge on any atom is -0.198 e. The Kier molecular flexibility index (Phi) is 3.52. The average Bonchev–Trinajstić information content (AvgIpc) is 2.50. The van der Waals surface area contributed by atoms with Crippen molar-refractivity contribution in [3.63, 3.8) is 0 Å². The zero-order valence-electron chi connectivity index (χ0n) is 14.4. The topological polar surface area (TPSA) is 3.88 Å². The summed E-state index contributed by atoms with van der Waals surface area (Å²) in [5.41, 5.74) is 9.41. The molecule has 22 heavy (non-hydrogen) atoms. The van der Waals surface area contributed by atoms with Gasteiger partial charge in [0.1, 0.15) is 7.05 Å². The Morgan fingerprint density at radius 3 is 2.09 bits per heavy atom. The first-order chi connectivity index (χ1) is 10.4. The lowest BCUT2D eigenvalue weighted by molar-refractivity contribution is -0.665. The molecule has 0 atom stereocenters. The van der Waals surface area contributed by atoms with E-state index in [1.807, 2.05) is 0 Å². The van der Waals surface area contributed by atoms with Gasteiger partial charge < -0.3 is 0 Å². The van der Waals surface area contributed by atoms with Crippen LogP contribution in [-0.4, -0.2) is 0 Å². The van der Waals surface area contributed by atoms with Crippen LogP contribution in [0.4, 0.5) is 0 Å². The number of benzene rings is 2. The molecule has 0 aliphatic carbocycles. The molecule has 0 fully saturated rings. The number of rotatable bonds is 1. The van der Waals surface area contributed by atoms with Crippen molar-refractivity contribution in [3.8, 4) is 11.3 Å². The van der Waals surface area contributed by atoms with E-state index < -0.39 is 0 Å². The summed E-state index contributed by atoms with van der Waals surface area (Å²) in [7, 11) is 2.18. The molecule has 1 heterocycles. The third-order valence-electron chi connectivity index (χ3n) is 5.03. The summed E-state index contributed by atoms with van der Waals surface area (Å²) in [4.78, 5) is 0. The minimum atomic E-state index is 1.32. The fourth-order valence-electron chi connectivity index (χ4n) is 3.42. The van der Waals surface area contributed by atoms with Gasteiger partial charge in [-0.2, -0.15) is 4.57 Å². The van der Waals surface area contributed by atoms with E-state index in [-0.39, 0.29) is 0 Å². The predicted octanol–water partition coefficient (Wildman–Crippen LogP) is 4.87. The maximum atomic E-state index is 2.35. The second-order valence-electron chi connectivity index (χ2n) is 6.42. The largest absolute Gasteiger partial charge is 0.220 e. The first kappa shape index (κ1) is 14.8. The molecule has 0 bridgehead atoms. The van der Waals surface area contributed by atoms with Crippen LogP contribution in [0.5, 0.6) is 0 Å². The van der Waals surface area contributed by atoms with Gasteiger partial charge in [0.15, 0.2) is 5.69 Å². The predicted molar refractivity (Wildman–Crippen MR) is 94.2 cm³/mol. The van der Waals surface area contributed by atoms with E-state index in [0.717, 1.165) is 0 Å². The minimum absolute atomic E-state index is 1.32. The van der Waals surface area contributed by atoms with Crippen molar-refractivity contribution in [1.29, 1.82) is 0 Å². The van der Waals surface area contributed by atoms with Crippen LogP contribution >= 0.6 is 0 Å². The van der Waals surface area contributed by atoms with Crippen molar-refractivity contribution >= 4 is 10.8 Å². The first-order valence-electron chi connectivity index (χ1n) is 7.88. The second kappa shape index (κ2) is 5.24. The molecular weight excluding hydrogens is 266 g/mol. The van der Waals surface area contributed by atoms with Crippen LogP contribution in [0, 0.1) is 34.6 Å². The van der Waals surface area contributed by atoms with Gasteiger partial charge in [-0.1, -0.05) is 29.8 Å². The maximum Gasteiger partial charge on any atom is 0.220 e. The molecule has 1 aromatic heterocycles. The third kappa shape index (κ3) is 2.12.